The molecule has 0 heterocycles. The van der Waals surface area contributed by atoms with E-state index in [1.54, 1.807) is 19.1 Å². The van der Waals surface area contributed by atoms with Crippen LogP contribution in [0.2, 0.25) is 0 Å². The van der Waals surface area contributed by atoms with Gasteiger partial charge in [-0.15, -0.1) is 0 Å². The Morgan fingerprint density at radius 3 is 2.67 bits per heavy atom. The minimum atomic E-state index is -0.355. The lowest BCUT2D eigenvalue weighted by Crippen LogP contribution is -2.11. The lowest BCUT2D eigenvalue weighted by Gasteiger charge is -2.04. The molecule has 0 spiro atoms. The summed E-state index contributed by atoms with van der Waals surface area (Å²) in [5, 5.41) is 8.83. The first-order chi connectivity index (χ1) is 7.06. The maximum Gasteiger partial charge on any atom is 0.123 e. The Hall–Kier alpha value is -1.73. The van der Waals surface area contributed by atoms with Crippen molar-refractivity contribution in [3.8, 4) is 6.07 Å². The molecule has 0 saturated carbocycles. The van der Waals surface area contributed by atoms with Crippen molar-refractivity contribution >= 4 is 22.8 Å². The van der Waals surface area contributed by atoms with Gasteiger partial charge in [0.15, 0.2) is 0 Å². The third kappa shape index (κ3) is 2.61. The Bertz CT molecular complexity index is 472. The van der Waals surface area contributed by atoms with E-state index in [1.807, 2.05) is 6.07 Å². The highest BCUT2D eigenvalue weighted by molar-refractivity contribution is 7.80. The molecule has 0 bridgehead atoms. The number of nitrogens with zero attached hydrogens (tertiary/aromatic N) is 1. The fourth-order valence-corrected chi connectivity index (χ4v) is 1.39. The second-order valence-corrected chi connectivity index (χ2v) is 3.43. The second-order valence-electron chi connectivity index (χ2n) is 2.99. The monoisotopic (exact) mass is 220 g/mol. The number of hydrogen-bond acceptors (Lipinski definition) is 2. The van der Waals surface area contributed by atoms with Gasteiger partial charge in [-0.05, 0) is 30.2 Å². The number of allylic oxidation sites excluding steroid dienone is 1. The summed E-state index contributed by atoms with van der Waals surface area (Å²) in [5.41, 5.74) is 6.80. The van der Waals surface area contributed by atoms with Gasteiger partial charge in [0.25, 0.3) is 0 Å². The summed E-state index contributed by atoms with van der Waals surface area (Å²) in [6.45, 7) is 1.69. The average Bonchev–Trinajstić information content (AvgIpc) is 2.18. The van der Waals surface area contributed by atoms with Gasteiger partial charge in [0.1, 0.15) is 16.9 Å². The largest absolute Gasteiger partial charge is 0.389 e. The molecule has 1 aromatic carbocycles. The standard InChI is InChI=1S/C11H9FN2S/c1-7(10(6-13)11(14)15)8-3-2-4-9(12)5-8/h2-5H,1H3,(H2,14,15). The predicted molar refractivity (Wildman–Crippen MR) is 61.4 cm³/mol. The van der Waals surface area contributed by atoms with Crippen molar-refractivity contribution in [1.29, 1.82) is 5.26 Å². The van der Waals surface area contributed by atoms with E-state index < -0.39 is 0 Å². The van der Waals surface area contributed by atoms with Gasteiger partial charge in [0.2, 0.25) is 0 Å². The molecular weight excluding hydrogens is 211 g/mol. The van der Waals surface area contributed by atoms with Crippen LogP contribution in [-0.2, 0) is 0 Å². The Labute approximate surface area is 92.8 Å². The van der Waals surface area contributed by atoms with E-state index in [2.05, 4.69) is 0 Å². The number of nitrogens with two attached hydrogens (primary N) is 1. The van der Waals surface area contributed by atoms with Crippen LogP contribution >= 0.6 is 12.2 Å². The van der Waals surface area contributed by atoms with Crippen molar-refractivity contribution in [2.24, 2.45) is 5.73 Å². The molecule has 15 heavy (non-hydrogen) atoms. The third-order valence-electron chi connectivity index (χ3n) is 1.99. The highest BCUT2D eigenvalue weighted by Gasteiger charge is 2.07. The van der Waals surface area contributed by atoms with E-state index in [4.69, 9.17) is 23.2 Å². The molecular formula is C11H9FN2S. The zero-order chi connectivity index (χ0) is 11.4. The molecule has 0 aliphatic carbocycles. The zero-order valence-corrected chi connectivity index (χ0v) is 8.94. The highest BCUT2D eigenvalue weighted by atomic mass is 32.1. The van der Waals surface area contributed by atoms with E-state index >= 15 is 0 Å². The van der Waals surface area contributed by atoms with Crippen LogP contribution in [0.1, 0.15) is 12.5 Å². The number of benzene rings is 1. The fraction of sp³-hybridized carbons (Fsp3) is 0.0909. The molecule has 0 unspecified atom stereocenters. The first-order valence-electron chi connectivity index (χ1n) is 4.23. The van der Waals surface area contributed by atoms with Crippen LogP contribution in [0.25, 0.3) is 5.57 Å². The highest BCUT2D eigenvalue weighted by Crippen LogP contribution is 2.18. The van der Waals surface area contributed by atoms with Gasteiger partial charge in [0.05, 0.1) is 5.57 Å². The summed E-state index contributed by atoms with van der Waals surface area (Å²) in [4.78, 5) is 0.0271. The molecule has 0 radical (unpaired) electrons. The molecule has 4 heteroatoms. The van der Waals surface area contributed by atoms with Gasteiger partial charge in [-0.2, -0.15) is 5.26 Å². The molecule has 0 fully saturated rings. The van der Waals surface area contributed by atoms with Crippen LogP contribution in [0.3, 0.4) is 0 Å². The molecule has 0 atom stereocenters. The van der Waals surface area contributed by atoms with E-state index in [0.29, 0.717) is 11.1 Å². The molecule has 2 N–H and O–H groups in total. The van der Waals surface area contributed by atoms with E-state index in [-0.39, 0.29) is 16.4 Å². The summed E-state index contributed by atoms with van der Waals surface area (Å²) in [7, 11) is 0. The van der Waals surface area contributed by atoms with Crippen LogP contribution in [-0.4, -0.2) is 4.99 Å². The average molecular weight is 220 g/mol. The molecule has 0 amide bonds. The SMILES string of the molecule is CC(=C(C#N)C(N)=S)c1cccc(F)c1. The zero-order valence-electron chi connectivity index (χ0n) is 8.12. The first-order valence-corrected chi connectivity index (χ1v) is 4.64. The number of rotatable bonds is 2. The minimum Gasteiger partial charge on any atom is -0.389 e. The Balaban J connectivity index is 3.30. The van der Waals surface area contributed by atoms with Gasteiger partial charge in [-0.25, -0.2) is 4.39 Å². The van der Waals surface area contributed by atoms with Crippen molar-refractivity contribution in [1.82, 2.24) is 0 Å². The van der Waals surface area contributed by atoms with Crippen LogP contribution in [0, 0.1) is 17.1 Å². The minimum absolute atomic E-state index is 0.0271. The Kier molecular flexibility index (Phi) is 3.53. The van der Waals surface area contributed by atoms with E-state index in [0.717, 1.165) is 0 Å². The topological polar surface area (TPSA) is 49.8 Å². The molecule has 0 saturated heterocycles. The summed E-state index contributed by atoms with van der Waals surface area (Å²) in [6, 6.07) is 7.86. The summed E-state index contributed by atoms with van der Waals surface area (Å²) in [5.74, 6) is -0.355. The Morgan fingerprint density at radius 1 is 1.53 bits per heavy atom. The quantitative estimate of drug-likeness (QED) is 0.473. The molecule has 1 aromatic rings. The maximum atomic E-state index is 12.9. The van der Waals surface area contributed by atoms with Gasteiger partial charge in [0, 0.05) is 0 Å². The fourth-order valence-electron chi connectivity index (χ4n) is 1.19. The van der Waals surface area contributed by atoms with Crippen LogP contribution < -0.4 is 5.73 Å². The third-order valence-corrected chi connectivity index (χ3v) is 2.19. The summed E-state index contributed by atoms with van der Waals surface area (Å²) < 4.78 is 12.9. The van der Waals surface area contributed by atoms with Gasteiger partial charge >= 0.3 is 0 Å². The Morgan fingerprint density at radius 2 is 2.20 bits per heavy atom. The normalized spacial score (nSPS) is 11.5. The number of nitriles is 1. The van der Waals surface area contributed by atoms with Crippen LogP contribution in [0.4, 0.5) is 4.39 Å². The lowest BCUT2D eigenvalue weighted by molar-refractivity contribution is 0.627. The molecule has 0 aliphatic rings. The molecule has 76 valence electrons. The molecule has 1 rings (SSSR count). The molecule has 0 aliphatic heterocycles. The lowest BCUT2D eigenvalue weighted by atomic mass is 10.0. The van der Waals surface area contributed by atoms with Crippen molar-refractivity contribution < 1.29 is 4.39 Å². The molecule has 0 aromatic heterocycles. The van der Waals surface area contributed by atoms with E-state index in [9.17, 15) is 4.39 Å². The second kappa shape index (κ2) is 4.67. The van der Waals surface area contributed by atoms with Crippen molar-refractivity contribution in [2.45, 2.75) is 6.92 Å². The van der Waals surface area contributed by atoms with Crippen molar-refractivity contribution in [3.05, 3.63) is 41.2 Å². The maximum absolute atomic E-state index is 12.9. The van der Waals surface area contributed by atoms with Crippen LogP contribution in [0.15, 0.2) is 29.8 Å². The van der Waals surface area contributed by atoms with Crippen molar-refractivity contribution in [3.63, 3.8) is 0 Å². The summed E-state index contributed by atoms with van der Waals surface area (Å²) >= 11 is 4.73. The van der Waals surface area contributed by atoms with Gasteiger partial charge < -0.3 is 5.73 Å². The number of hydrogen-bond donors (Lipinski definition) is 1. The smallest absolute Gasteiger partial charge is 0.123 e. The number of thiocarbonyl (C=S) groups is 1. The predicted octanol–water partition coefficient (Wildman–Crippen LogP) is 2.41. The van der Waals surface area contributed by atoms with Gasteiger partial charge in [-0.3, -0.25) is 0 Å². The first kappa shape index (κ1) is 11.3. The van der Waals surface area contributed by atoms with Crippen molar-refractivity contribution in [2.75, 3.05) is 0 Å². The number of halogens is 1. The summed E-state index contributed by atoms with van der Waals surface area (Å²) in [6.07, 6.45) is 0. The van der Waals surface area contributed by atoms with Gasteiger partial charge in [-0.1, -0.05) is 24.4 Å². The van der Waals surface area contributed by atoms with Crippen LogP contribution in [0.5, 0.6) is 0 Å². The molecule has 2 nitrogen and oxygen atoms in total. The van der Waals surface area contributed by atoms with E-state index in [1.165, 1.54) is 12.1 Å².